The van der Waals surface area contributed by atoms with Crippen molar-refractivity contribution in [3.8, 4) is 11.1 Å². The molecule has 4 aromatic rings. The molecule has 0 radical (unpaired) electrons. The molecule has 6 N–H and O–H groups in total. The van der Waals surface area contributed by atoms with Crippen LogP contribution in [0.2, 0.25) is 0 Å². The first-order valence-corrected chi connectivity index (χ1v) is 11.7. The van der Waals surface area contributed by atoms with Crippen LogP contribution in [0.1, 0.15) is 29.7 Å². The van der Waals surface area contributed by atoms with Crippen molar-refractivity contribution in [2.24, 2.45) is 0 Å². The van der Waals surface area contributed by atoms with Crippen molar-refractivity contribution >= 4 is 28.7 Å². The maximum Gasteiger partial charge on any atom is 0.416 e. The van der Waals surface area contributed by atoms with E-state index in [1.807, 2.05) is 0 Å². The van der Waals surface area contributed by atoms with Crippen LogP contribution in [-0.2, 0) is 19.3 Å². The molecule has 1 aliphatic carbocycles. The van der Waals surface area contributed by atoms with Crippen LogP contribution < -0.4 is 21.7 Å². The summed E-state index contributed by atoms with van der Waals surface area (Å²) in [5, 5.41) is 22.5. The molecule has 9 nitrogen and oxygen atoms in total. The molecule has 2 amide bonds. The second-order valence-electron chi connectivity index (χ2n) is 8.87. The number of nitrogens with two attached hydrogens (primary N) is 1. The molecule has 1 fully saturated rings. The third-order valence-electron chi connectivity index (χ3n) is 6.23. The van der Waals surface area contributed by atoms with Crippen LogP contribution in [0.25, 0.3) is 16.6 Å². The first-order chi connectivity index (χ1) is 18.2. The minimum absolute atomic E-state index is 0.229. The monoisotopic (exact) mass is 529 g/mol. The molecule has 0 bridgehead atoms. The van der Waals surface area contributed by atoms with Gasteiger partial charge in [-0.25, -0.2) is 18.7 Å². The van der Waals surface area contributed by atoms with E-state index in [0.717, 1.165) is 18.5 Å². The number of hydrogen-bond donors (Lipinski definition) is 5. The van der Waals surface area contributed by atoms with Crippen molar-refractivity contribution in [1.82, 2.24) is 19.9 Å². The molecule has 0 atom stereocenters. The number of aromatic nitrogens is 3. The van der Waals surface area contributed by atoms with E-state index in [1.54, 1.807) is 28.8 Å². The van der Waals surface area contributed by atoms with Gasteiger partial charge >= 0.3 is 12.2 Å². The first kappa shape index (κ1) is 25.4. The van der Waals surface area contributed by atoms with Gasteiger partial charge in [-0.05, 0) is 48.7 Å². The molecule has 1 aliphatic rings. The van der Waals surface area contributed by atoms with Gasteiger partial charge in [-0.2, -0.15) is 18.3 Å². The number of benzene rings is 2. The van der Waals surface area contributed by atoms with E-state index < -0.39 is 29.3 Å². The SMILES string of the molecule is Nc1ncnn2c(CNC3CC3)c(CO)c(-c3ccc(NC(=O)Nc4cc(C(F)(F)F)ccc4F)cc3)c12. The van der Waals surface area contributed by atoms with Gasteiger partial charge in [0.1, 0.15) is 17.7 Å². The van der Waals surface area contributed by atoms with Crippen LogP contribution in [0, 0.1) is 5.82 Å². The molecular weight excluding hydrogens is 506 g/mol. The van der Waals surface area contributed by atoms with E-state index >= 15 is 0 Å². The molecule has 0 saturated heterocycles. The number of halogens is 4. The zero-order valence-electron chi connectivity index (χ0n) is 19.8. The average molecular weight is 529 g/mol. The largest absolute Gasteiger partial charge is 0.416 e. The van der Waals surface area contributed by atoms with Gasteiger partial charge in [0.15, 0.2) is 5.82 Å². The maximum atomic E-state index is 14.0. The van der Waals surface area contributed by atoms with Gasteiger partial charge in [-0.15, -0.1) is 0 Å². The average Bonchev–Trinajstić information content (AvgIpc) is 3.64. The van der Waals surface area contributed by atoms with E-state index in [2.05, 4.69) is 26.0 Å². The number of anilines is 3. The Bertz CT molecular complexity index is 1500. The summed E-state index contributed by atoms with van der Waals surface area (Å²) >= 11 is 0. The van der Waals surface area contributed by atoms with Crippen LogP contribution in [0.15, 0.2) is 48.8 Å². The molecular formula is C25H23F4N7O2. The molecule has 2 aromatic heterocycles. The number of carbonyl (C=O) groups excluding carboxylic acids is 1. The first-order valence-electron chi connectivity index (χ1n) is 11.7. The van der Waals surface area contributed by atoms with Gasteiger partial charge in [-0.1, -0.05) is 12.1 Å². The quantitative estimate of drug-likeness (QED) is 0.224. The highest BCUT2D eigenvalue weighted by molar-refractivity contribution is 6.00. The van der Waals surface area contributed by atoms with E-state index in [9.17, 15) is 27.5 Å². The molecule has 5 rings (SSSR count). The molecule has 38 heavy (non-hydrogen) atoms. The van der Waals surface area contributed by atoms with Crippen molar-refractivity contribution < 1.29 is 27.5 Å². The van der Waals surface area contributed by atoms with Crippen LogP contribution in [0.5, 0.6) is 0 Å². The second kappa shape index (κ2) is 9.91. The second-order valence-corrected chi connectivity index (χ2v) is 8.87. The Morgan fingerprint density at radius 3 is 2.53 bits per heavy atom. The lowest BCUT2D eigenvalue weighted by Crippen LogP contribution is -2.20. The van der Waals surface area contributed by atoms with Gasteiger partial charge in [0.05, 0.1) is 23.6 Å². The fourth-order valence-corrected chi connectivity index (χ4v) is 4.21. The van der Waals surface area contributed by atoms with Crippen LogP contribution in [-0.4, -0.2) is 31.8 Å². The summed E-state index contributed by atoms with van der Waals surface area (Å²) in [6.07, 6.45) is -1.17. The standard InChI is InChI=1S/C25H23F4N7O2/c26-18-8-3-14(25(27,28)29)9-19(18)35-24(38)34-16-4-1-13(2-5-16)21-17(11-37)20(10-31-15-6-7-15)36-22(21)23(30)32-12-33-36/h1-5,8-9,12,15,31,37H,6-7,10-11H2,(H2,30,32,33)(H2,34,35,38). The molecule has 2 heterocycles. The van der Waals surface area contributed by atoms with E-state index in [0.29, 0.717) is 58.7 Å². The number of aliphatic hydroxyl groups excluding tert-OH is 1. The lowest BCUT2D eigenvalue weighted by atomic mass is 10.0. The van der Waals surface area contributed by atoms with E-state index in [-0.39, 0.29) is 12.4 Å². The fourth-order valence-electron chi connectivity index (χ4n) is 4.21. The Morgan fingerprint density at radius 1 is 1.13 bits per heavy atom. The summed E-state index contributed by atoms with van der Waals surface area (Å²) in [5.74, 6) is -0.778. The summed E-state index contributed by atoms with van der Waals surface area (Å²) < 4.78 is 54.4. The Labute approximate surface area is 213 Å². The molecule has 0 spiro atoms. The summed E-state index contributed by atoms with van der Waals surface area (Å²) in [6, 6.07) is 7.73. The summed E-state index contributed by atoms with van der Waals surface area (Å²) in [7, 11) is 0. The number of aliphatic hydroxyl groups is 1. The number of hydrogen-bond acceptors (Lipinski definition) is 6. The van der Waals surface area contributed by atoms with Gasteiger partial charge < -0.3 is 26.8 Å². The predicted octanol–water partition coefficient (Wildman–Crippen LogP) is 4.52. The Hall–Kier alpha value is -4.23. The predicted molar refractivity (Wildman–Crippen MR) is 133 cm³/mol. The highest BCUT2D eigenvalue weighted by Crippen LogP contribution is 2.36. The summed E-state index contributed by atoms with van der Waals surface area (Å²) in [6.45, 7) is 0.203. The molecule has 198 valence electrons. The molecule has 0 aliphatic heterocycles. The number of nitrogens with one attached hydrogen (secondary N) is 3. The van der Waals surface area contributed by atoms with Crippen molar-refractivity contribution in [1.29, 1.82) is 0 Å². The third-order valence-corrected chi connectivity index (χ3v) is 6.23. The minimum Gasteiger partial charge on any atom is -0.392 e. The topological polar surface area (TPSA) is 130 Å². The van der Waals surface area contributed by atoms with Crippen LogP contribution in [0.4, 0.5) is 39.5 Å². The number of nitrogens with zero attached hydrogens (tertiary/aromatic N) is 3. The number of carbonyl (C=O) groups is 1. The highest BCUT2D eigenvalue weighted by atomic mass is 19.4. The number of nitrogen functional groups attached to an aromatic ring is 1. The van der Waals surface area contributed by atoms with Crippen molar-refractivity contribution in [2.45, 2.75) is 38.2 Å². The van der Waals surface area contributed by atoms with Crippen molar-refractivity contribution in [3.63, 3.8) is 0 Å². The number of alkyl halides is 3. The highest BCUT2D eigenvalue weighted by Gasteiger charge is 2.31. The number of urea groups is 1. The van der Waals surface area contributed by atoms with E-state index in [1.165, 1.54) is 6.33 Å². The smallest absolute Gasteiger partial charge is 0.392 e. The Morgan fingerprint density at radius 2 is 1.87 bits per heavy atom. The lowest BCUT2D eigenvalue weighted by Gasteiger charge is -2.12. The molecule has 13 heteroatoms. The summed E-state index contributed by atoms with van der Waals surface area (Å²) in [4.78, 5) is 16.5. The number of fused-ring (bicyclic) bond motifs is 1. The Balaban J connectivity index is 1.39. The number of rotatable bonds is 7. The minimum atomic E-state index is -4.69. The van der Waals surface area contributed by atoms with Crippen molar-refractivity contribution in [3.05, 3.63) is 71.4 Å². The van der Waals surface area contributed by atoms with Gasteiger partial charge in [0, 0.05) is 29.4 Å². The van der Waals surface area contributed by atoms with Crippen molar-refractivity contribution in [2.75, 3.05) is 16.4 Å². The lowest BCUT2D eigenvalue weighted by molar-refractivity contribution is -0.137. The molecule has 2 aromatic carbocycles. The van der Waals surface area contributed by atoms with Gasteiger partial charge in [0.2, 0.25) is 0 Å². The normalized spacial score (nSPS) is 13.6. The van der Waals surface area contributed by atoms with Gasteiger partial charge in [0.25, 0.3) is 0 Å². The molecule has 0 unspecified atom stereocenters. The van der Waals surface area contributed by atoms with Crippen LogP contribution >= 0.6 is 0 Å². The molecule has 1 saturated carbocycles. The number of amides is 2. The third kappa shape index (κ3) is 5.10. The maximum absolute atomic E-state index is 14.0. The van der Waals surface area contributed by atoms with Crippen LogP contribution in [0.3, 0.4) is 0 Å². The zero-order valence-corrected chi connectivity index (χ0v) is 19.8. The summed E-state index contributed by atoms with van der Waals surface area (Å²) in [5.41, 5.74) is 8.00. The van der Waals surface area contributed by atoms with Gasteiger partial charge in [-0.3, -0.25) is 0 Å². The Kier molecular flexibility index (Phi) is 6.63. The zero-order chi connectivity index (χ0) is 27.0. The fraction of sp³-hybridized carbons (Fsp3) is 0.240. The van der Waals surface area contributed by atoms with E-state index in [4.69, 9.17) is 5.73 Å².